The first-order valence-corrected chi connectivity index (χ1v) is 13.0. The maximum atomic E-state index is 13.5. The molecule has 12 heteroatoms. The minimum Gasteiger partial charge on any atom is -0.394 e. The molecule has 3 heterocycles. The molecule has 10 nitrogen and oxygen atoms in total. The lowest BCUT2D eigenvalue weighted by atomic mass is 10.2. The number of imidazole rings is 1. The van der Waals surface area contributed by atoms with Crippen LogP contribution in [0.5, 0.6) is 0 Å². The van der Waals surface area contributed by atoms with Gasteiger partial charge in [-0.1, -0.05) is 35.3 Å². The van der Waals surface area contributed by atoms with Gasteiger partial charge in [0.05, 0.1) is 29.4 Å². The van der Waals surface area contributed by atoms with E-state index in [2.05, 4.69) is 10.3 Å². The highest BCUT2D eigenvalue weighted by Gasteiger charge is 2.24. The van der Waals surface area contributed by atoms with Gasteiger partial charge in [-0.15, -0.1) is 0 Å². The summed E-state index contributed by atoms with van der Waals surface area (Å²) < 4.78 is 4.04. The second-order valence-electron chi connectivity index (χ2n) is 9.23. The Morgan fingerprint density at radius 3 is 2.42 bits per heavy atom. The molecule has 0 fully saturated rings. The first-order chi connectivity index (χ1) is 19.2. The van der Waals surface area contributed by atoms with Gasteiger partial charge in [0, 0.05) is 35.6 Å². The number of aliphatic hydroxyl groups is 1. The smallest absolute Gasteiger partial charge is 0.332 e. The van der Waals surface area contributed by atoms with Crippen LogP contribution in [0, 0.1) is 0 Å². The number of carbonyl (C=O) groups excluding carboxylic acids is 1. The number of aliphatic hydroxyl groups excluding tert-OH is 1. The third-order valence-corrected chi connectivity index (χ3v) is 6.98. The Kier molecular flexibility index (Phi) is 7.57. The van der Waals surface area contributed by atoms with Crippen LogP contribution >= 0.6 is 23.2 Å². The number of carbonyl (C=O) groups is 1. The van der Waals surface area contributed by atoms with Crippen LogP contribution in [-0.4, -0.2) is 47.3 Å². The highest BCUT2D eigenvalue weighted by molar-refractivity contribution is 6.33. The van der Waals surface area contributed by atoms with Crippen molar-refractivity contribution in [1.82, 2.24) is 29.0 Å². The highest BCUT2D eigenvalue weighted by atomic mass is 35.5. The number of benzene rings is 2. The third-order valence-electron chi connectivity index (χ3n) is 6.40. The van der Waals surface area contributed by atoms with Crippen molar-refractivity contribution in [1.29, 1.82) is 0 Å². The zero-order valence-corrected chi connectivity index (χ0v) is 23.0. The Balaban J connectivity index is 1.69. The molecular formula is C28H24Cl2N6O4. The predicted octanol–water partition coefficient (Wildman–Crippen LogP) is 3.41. The number of pyridine rings is 1. The number of fused-ring (bicyclic) bond motifs is 1. The highest BCUT2D eigenvalue weighted by Crippen LogP contribution is 2.32. The largest absolute Gasteiger partial charge is 0.394 e. The lowest BCUT2D eigenvalue weighted by molar-refractivity contribution is 0.0922. The van der Waals surface area contributed by atoms with Gasteiger partial charge >= 0.3 is 5.69 Å². The third kappa shape index (κ3) is 5.04. The van der Waals surface area contributed by atoms with Gasteiger partial charge in [-0.25, -0.2) is 9.78 Å². The average molecular weight is 579 g/mol. The van der Waals surface area contributed by atoms with Gasteiger partial charge in [-0.3, -0.25) is 28.3 Å². The molecule has 0 saturated carbocycles. The van der Waals surface area contributed by atoms with Crippen LogP contribution in [0.1, 0.15) is 23.0 Å². The van der Waals surface area contributed by atoms with E-state index in [1.807, 2.05) is 0 Å². The molecule has 0 radical (unpaired) electrons. The molecule has 204 valence electrons. The summed E-state index contributed by atoms with van der Waals surface area (Å²) in [6.07, 6.45) is 1.39. The SMILES string of the molecule is C[C@@H](CO)NC(=O)c1ccc(Cn2c(=O)n(C)c(=O)c3c2nc(-c2ccccc2Cl)n3-c2ccc(Cl)cc2)nc1. The number of hydrogen-bond donors (Lipinski definition) is 2. The summed E-state index contributed by atoms with van der Waals surface area (Å²) >= 11 is 12.7. The van der Waals surface area contributed by atoms with Crippen LogP contribution in [0.3, 0.4) is 0 Å². The van der Waals surface area contributed by atoms with Crippen molar-refractivity contribution in [3.05, 3.63) is 109 Å². The summed E-state index contributed by atoms with van der Waals surface area (Å²) in [4.78, 5) is 48.4. The molecule has 0 aliphatic heterocycles. The van der Waals surface area contributed by atoms with Crippen molar-refractivity contribution in [3.8, 4) is 17.1 Å². The minimum atomic E-state index is -0.579. The van der Waals surface area contributed by atoms with E-state index in [0.717, 1.165) is 4.57 Å². The molecule has 0 saturated heterocycles. The Morgan fingerprint density at radius 1 is 1.05 bits per heavy atom. The summed E-state index contributed by atoms with van der Waals surface area (Å²) in [6, 6.07) is 16.8. The zero-order valence-electron chi connectivity index (χ0n) is 21.5. The van der Waals surface area contributed by atoms with E-state index in [-0.39, 0.29) is 30.2 Å². The Bertz CT molecular complexity index is 1840. The van der Waals surface area contributed by atoms with Crippen LogP contribution in [-0.2, 0) is 13.6 Å². The monoisotopic (exact) mass is 578 g/mol. The number of halogens is 2. The molecule has 5 rings (SSSR count). The first-order valence-electron chi connectivity index (χ1n) is 12.3. The first kappa shape index (κ1) is 27.3. The zero-order chi connectivity index (χ0) is 28.6. The minimum absolute atomic E-state index is 0.0159. The van der Waals surface area contributed by atoms with Crippen molar-refractivity contribution in [3.63, 3.8) is 0 Å². The summed E-state index contributed by atoms with van der Waals surface area (Å²) in [5.41, 5.74) is 1.16. The van der Waals surface area contributed by atoms with E-state index in [4.69, 9.17) is 28.2 Å². The molecular weight excluding hydrogens is 555 g/mol. The van der Waals surface area contributed by atoms with Crippen LogP contribution in [0.25, 0.3) is 28.2 Å². The van der Waals surface area contributed by atoms with E-state index < -0.39 is 17.3 Å². The van der Waals surface area contributed by atoms with Crippen molar-refractivity contribution in [2.24, 2.45) is 7.05 Å². The van der Waals surface area contributed by atoms with Gasteiger partial charge in [0.25, 0.3) is 11.5 Å². The van der Waals surface area contributed by atoms with E-state index in [9.17, 15) is 19.5 Å². The van der Waals surface area contributed by atoms with Crippen molar-refractivity contribution in [2.75, 3.05) is 6.61 Å². The molecule has 2 N–H and O–H groups in total. The van der Waals surface area contributed by atoms with Crippen LogP contribution in [0.4, 0.5) is 0 Å². The molecule has 5 aromatic rings. The number of amides is 1. The van der Waals surface area contributed by atoms with E-state index in [1.54, 1.807) is 72.2 Å². The molecule has 0 aliphatic carbocycles. The lowest BCUT2D eigenvalue weighted by Crippen LogP contribution is -2.39. The van der Waals surface area contributed by atoms with Gasteiger partial charge in [0.15, 0.2) is 11.2 Å². The molecule has 0 bridgehead atoms. The number of hydrogen-bond acceptors (Lipinski definition) is 6. The summed E-state index contributed by atoms with van der Waals surface area (Å²) in [5, 5.41) is 12.8. The molecule has 3 aromatic heterocycles. The van der Waals surface area contributed by atoms with E-state index in [1.165, 1.54) is 17.8 Å². The quantitative estimate of drug-likeness (QED) is 0.305. The molecule has 0 aliphatic rings. The van der Waals surface area contributed by atoms with Crippen molar-refractivity contribution < 1.29 is 9.90 Å². The molecule has 40 heavy (non-hydrogen) atoms. The fourth-order valence-corrected chi connectivity index (χ4v) is 4.63. The van der Waals surface area contributed by atoms with Crippen molar-refractivity contribution in [2.45, 2.75) is 19.5 Å². The summed E-state index contributed by atoms with van der Waals surface area (Å²) in [5.74, 6) is -0.00860. The van der Waals surface area contributed by atoms with Gasteiger partial charge in [0.2, 0.25) is 0 Å². The van der Waals surface area contributed by atoms with Gasteiger partial charge < -0.3 is 10.4 Å². The second kappa shape index (κ2) is 11.1. The van der Waals surface area contributed by atoms with Gasteiger partial charge in [-0.2, -0.15) is 0 Å². The van der Waals surface area contributed by atoms with Crippen molar-refractivity contribution >= 4 is 40.3 Å². The number of nitrogens with zero attached hydrogens (tertiary/aromatic N) is 5. The van der Waals surface area contributed by atoms with Crippen LogP contribution < -0.4 is 16.6 Å². The van der Waals surface area contributed by atoms with Crippen LogP contribution in [0.15, 0.2) is 76.4 Å². The number of rotatable bonds is 7. The molecule has 0 unspecified atom stereocenters. The van der Waals surface area contributed by atoms with Gasteiger partial charge in [0.1, 0.15) is 5.82 Å². The lowest BCUT2D eigenvalue weighted by Gasteiger charge is -2.12. The molecule has 1 atom stereocenters. The number of aromatic nitrogens is 5. The maximum absolute atomic E-state index is 13.5. The van der Waals surface area contributed by atoms with Crippen LogP contribution in [0.2, 0.25) is 10.0 Å². The average Bonchev–Trinajstić information content (AvgIpc) is 3.35. The predicted molar refractivity (Wildman–Crippen MR) is 153 cm³/mol. The number of nitrogens with one attached hydrogen (secondary N) is 1. The Hall–Kier alpha value is -4.25. The Morgan fingerprint density at radius 2 is 1.77 bits per heavy atom. The second-order valence-corrected chi connectivity index (χ2v) is 10.1. The molecule has 0 spiro atoms. The van der Waals surface area contributed by atoms with Gasteiger partial charge in [-0.05, 0) is 55.5 Å². The molecule has 1 amide bonds. The van der Waals surface area contributed by atoms with E-state index >= 15 is 0 Å². The molecule has 2 aromatic carbocycles. The maximum Gasteiger partial charge on any atom is 0.332 e. The topological polar surface area (TPSA) is 124 Å². The normalized spacial score (nSPS) is 12.0. The fraction of sp³-hybridized carbons (Fsp3) is 0.179. The Labute approximate surface area is 238 Å². The summed E-state index contributed by atoms with van der Waals surface area (Å²) in [6.45, 7) is 1.47. The fourth-order valence-electron chi connectivity index (χ4n) is 4.28. The summed E-state index contributed by atoms with van der Waals surface area (Å²) in [7, 11) is 1.40. The van der Waals surface area contributed by atoms with E-state index in [0.29, 0.717) is 38.4 Å². The standard InChI is InChI=1S/C28H24Cl2N6O4/c1-16(15-37)32-26(38)17-7-10-19(31-13-17)14-35-25-23(27(39)34(2)28(35)40)36(20-11-8-18(29)9-12-20)24(33-25)21-5-3-4-6-22(21)30/h3-13,16,37H,14-15H2,1-2H3,(H,32,38)/t16-/m0/s1.